The van der Waals surface area contributed by atoms with Crippen LogP contribution in [0.25, 0.3) is 0 Å². The van der Waals surface area contributed by atoms with E-state index in [2.05, 4.69) is 6.58 Å². The van der Waals surface area contributed by atoms with Crippen LogP contribution >= 0.6 is 0 Å². The minimum Gasteiger partial charge on any atom is -0.481 e. The Morgan fingerprint density at radius 2 is 1.88 bits per heavy atom. The maximum absolute atomic E-state index is 11.1. The molecule has 1 N–H and O–H groups in total. The van der Waals surface area contributed by atoms with Gasteiger partial charge in [-0.15, -0.1) is 0 Å². The number of hydrogen-bond donors (Lipinski definition) is 1. The van der Waals surface area contributed by atoms with Crippen LogP contribution in [0.2, 0.25) is 0 Å². The molecule has 1 aliphatic carbocycles. The smallest absolute Gasteiger partial charge is 0.307 e. The number of hydrogen-bond acceptors (Lipinski definition) is 1. The van der Waals surface area contributed by atoms with Crippen molar-refractivity contribution in [1.29, 1.82) is 0 Å². The first kappa shape index (κ1) is 13.0. The molecule has 2 atom stereocenters. The summed E-state index contributed by atoms with van der Waals surface area (Å²) in [6.07, 6.45) is 1.43. The van der Waals surface area contributed by atoms with E-state index in [-0.39, 0.29) is 28.9 Å². The molecule has 0 aliphatic heterocycles. The maximum Gasteiger partial charge on any atom is 0.307 e. The number of allylic oxidation sites excluding steroid dienone is 1. The van der Waals surface area contributed by atoms with E-state index in [0.29, 0.717) is 6.42 Å². The van der Waals surface area contributed by atoms with Crippen molar-refractivity contribution in [2.45, 2.75) is 18.8 Å². The van der Waals surface area contributed by atoms with Gasteiger partial charge in [-0.1, -0.05) is 42.5 Å². The predicted molar refractivity (Wildman–Crippen MR) is 58.7 cm³/mol. The molecular formula is C13H14FeO2. The van der Waals surface area contributed by atoms with Gasteiger partial charge in [0, 0.05) is 23.0 Å². The molecule has 86 valence electrons. The van der Waals surface area contributed by atoms with Gasteiger partial charge in [-0.05, 0) is 18.4 Å². The van der Waals surface area contributed by atoms with Crippen LogP contribution in [-0.2, 0) is 21.9 Å². The summed E-state index contributed by atoms with van der Waals surface area (Å²) >= 11 is 0. The fourth-order valence-electron chi connectivity index (χ4n) is 2.30. The van der Waals surface area contributed by atoms with Gasteiger partial charge in [0.25, 0.3) is 0 Å². The van der Waals surface area contributed by atoms with Gasteiger partial charge in [-0.25, -0.2) is 0 Å². The minimum atomic E-state index is -0.706. The van der Waals surface area contributed by atoms with Gasteiger partial charge in [0.05, 0.1) is 5.92 Å². The van der Waals surface area contributed by atoms with Crippen LogP contribution in [0.4, 0.5) is 0 Å². The van der Waals surface area contributed by atoms with Gasteiger partial charge in [0.15, 0.2) is 0 Å². The number of carboxylic acid groups (broad SMARTS) is 1. The number of rotatable bonds is 2. The van der Waals surface area contributed by atoms with Crippen LogP contribution in [0.1, 0.15) is 24.3 Å². The Hall–Kier alpha value is -1.05. The topological polar surface area (TPSA) is 37.3 Å². The first-order chi connectivity index (χ1) is 7.18. The summed E-state index contributed by atoms with van der Waals surface area (Å²) in [5.41, 5.74) is 2.17. The molecule has 0 amide bonds. The van der Waals surface area contributed by atoms with Crippen molar-refractivity contribution < 1.29 is 27.0 Å². The molecular weight excluding hydrogens is 244 g/mol. The quantitative estimate of drug-likeness (QED) is 0.654. The Morgan fingerprint density at radius 3 is 2.44 bits per heavy atom. The van der Waals surface area contributed by atoms with Crippen LogP contribution in [-0.4, -0.2) is 11.1 Å². The summed E-state index contributed by atoms with van der Waals surface area (Å²) in [5.74, 6) is -0.890. The van der Waals surface area contributed by atoms with Gasteiger partial charge in [-0.2, -0.15) is 0 Å². The second-order valence-corrected chi connectivity index (χ2v) is 4.12. The van der Waals surface area contributed by atoms with E-state index in [1.54, 1.807) is 0 Å². The van der Waals surface area contributed by atoms with Crippen molar-refractivity contribution in [3.8, 4) is 0 Å². The van der Waals surface area contributed by atoms with Crippen molar-refractivity contribution in [3.05, 3.63) is 48.0 Å². The molecule has 2 rings (SSSR count). The van der Waals surface area contributed by atoms with E-state index >= 15 is 0 Å². The molecule has 0 aromatic heterocycles. The minimum absolute atomic E-state index is 0. The molecule has 0 radical (unpaired) electrons. The van der Waals surface area contributed by atoms with E-state index in [1.807, 2.05) is 30.3 Å². The maximum atomic E-state index is 11.1. The first-order valence-corrected chi connectivity index (χ1v) is 5.13. The van der Waals surface area contributed by atoms with Gasteiger partial charge in [-0.3, -0.25) is 4.79 Å². The monoisotopic (exact) mass is 258 g/mol. The second-order valence-electron chi connectivity index (χ2n) is 4.12. The summed E-state index contributed by atoms with van der Waals surface area (Å²) in [5, 5.41) is 9.12. The van der Waals surface area contributed by atoms with Crippen LogP contribution in [0.5, 0.6) is 0 Å². The Balaban J connectivity index is 0.00000128. The number of carbonyl (C=O) groups is 1. The SMILES string of the molecule is C=C1CC(C(=O)O)C(c2ccccc2)C1.[Fe]. The molecule has 1 aliphatic rings. The summed E-state index contributed by atoms with van der Waals surface area (Å²) in [6.45, 7) is 3.90. The van der Waals surface area contributed by atoms with Crippen LogP contribution in [0.15, 0.2) is 42.5 Å². The Labute approximate surface area is 106 Å². The Bertz CT molecular complexity index is 386. The largest absolute Gasteiger partial charge is 0.481 e. The molecule has 2 unspecified atom stereocenters. The van der Waals surface area contributed by atoms with Crippen molar-refractivity contribution in [2.75, 3.05) is 0 Å². The molecule has 16 heavy (non-hydrogen) atoms. The third-order valence-electron chi connectivity index (χ3n) is 3.05. The predicted octanol–water partition coefficient (Wildman–Crippen LogP) is 2.82. The van der Waals surface area contributed by atoms with Crippen LogP contribution < -0.4 is 0 Å². The normalized spacial score (nSPS) is 23.9. The van der Waals surface area contributed by atoms with Crippen molar-refractivity contribution in [1.82, 2.24) is 0 Å². The molecule has 0 bridgehead atoms. The van der Waals surface area contributed by atoms with E-state index in [1.165, 1.54) is 0 Å². The first-order valence-electron chi connectivity index (χ1n) is 5.13. The van der Waals surface area contributed by atoms with E-state index in [9.17, 15) is 4.79 Å². The van der Waals surface area contributed by atoms with Gasteiger partial charge >= 0.3 is 5.97 Å². The zero-order chi connectivity index (χ0) is 10.8. The number of carboxylic acids is 1. The summed E-state index contributed by atoms with van der Waals surface area (Å²) in [6, 6.07) is 9.85. The zero-order valence-electron chi connectivity index (χ0n) is 8.87. The zero-order valence-corrected chi connectivity index (χ0v) is 9.98. The molecule has 2 nitrogen and oxygen atoms in total. The van der Waals surface area contributed by atoms with Gasteiger partial charge in [0.2, 0.25) is 0 Å². The molecule has 0 saturated heterocycles. The Morgan fingerprint density at radius 1 is 1.25 bits per heavy atom. The van der Waals surface area contributed by atoms with Crippen LogP contribution in [0, 0.1) is 5.92 Å². The van der Waals surface area contributed by atoms with E-state index < -0.39 is 5.97 Å². The van der Waals surface area contributed by atoms with Crippen LogP contribution in [0.3, 0.4) is 0 Å². The second kappa shape index (κ2) is 5.33. The Kier molecular flexibility index (Phi) is 4.34. The summed E-state index contributed by atoms with van der Waals surface area (Å²) < 4.78 is 0. The van der Waals surface area contributed by atoms with Crippen molar-refractivity contribution >= 4 is 5.97 Å². The summed E-state index contributed by atoms with van der Waals surface area (Å²) in [4.78, 5) is 11.1. The van der Waals surface area contributed by atoms with E-state index in [0.717, 1.165) is 17.6 Å². The van der Waals surface area contributed by atoms with Crippen molar-refractivity contribution in [2.24, 2.45) is 5.92 Å². The fraction of sp³-hybridized carbons (Fsp3) is 0.308. The average molecular weight is 258 g/mol. The van der Waals surface area contributed by atoms with E-state index in [4.69, 9.17) is 5.11 Å². The molecule has 3 heteroatoms. The molecule has 0 spiro atoms. The third kappa shape index (κ3) is 2.55. The molecule has 0 heterocycles. The molecule has 1 aromatic carbocycles. The number of aliphatic carboxylic acids is 1. The standard InChI is InChI=1S/C13H14O2.Fe/c1-9-7-11(12(8-9)13(14)15)10-5-3-2-4-6-10;/h2-6,11-12H,1,7-8H2,(H,14,15);. The molecule has 1 fully saturated rings. The van der Waals surface area contributed by atoms with Gasteiger partial charge < -0.3 is 5.11 Å². The average Bonchev–Trinajstić information content (AvgIpc) is 2.62. The summed E-state index contributed by atoms with van der Waals surface area (Å²) in [7, 11) is 0. The van der Waals surface area contributed by atoms with Gasteiger partial charge in [0.1, 0.15) is 0 Å². The van der Waals surface area contributed by atoms with Crippen molar-refractivity contribution in [3.63, 3.8) is 0 Å². The third-order valence-corrected chi connectivity index (χ3v) is 3.05. The fourth-order valence-corrected chi connectivity index (χ4v) is 2.30. The molecule has 1 aromatic rings. The number of benzene rings is 1. The molecule has 1 saturated carbocycles.